The van der Waals surface area contributed by atoms with Crippen LogP contribution >= 0.6 is 0 Å². The van der Waals surface area contributed by atoms with Gasteiger partial charge in [-0.3, -0.25) is 9.59 Å². The number of Topliss-reactive ketones (excluding diaryl/α,β-unsaturated/α-hetero) is 1. The van der Waals surface area contributed by atoms with Gasteiger partial charge in [0.2, 0.25) is 11.7 Å². The van der Waals surface area contributed by atoms with Crippen molar-refractivity contribution in [2.24, 2.45) is 0 Å². The number of hydrogen-bond donors (Lipinski definition) is 2. The van der Waals surface area contributed by atoms with Gasteiger partial charge in [0.1, 0.15) is 12.4 Å². The fourth-order valence-electron chi connectivity index (χ4n) is 2.87. The fourth-order valence-corrected chi connectivity index (χ4v) is 2.87. The molecule has 7 nitrogen and oxygen atoms in total. The van der Waals surface area contributed by atoms with E-state index < -0.39 is 12.2 Å². The van der Waals surface area contributed by atoms with Gasteiger partial charge < -0.3 is 10.6 Å². The minimum atomic E-state index is -0.880. The number of nitrogens with one attached hydrogen (secondary N) is 2. The molecule has 2 heterocycles. The zero-order valence-electron chi connectivity index (χ0n) is 13.2. The Morgan fingerprint density at radius 2 is 1.72 bits per heavy atom. The standard InChI is InChI=1S/C18H15N5O2/c24-15-14(12-7-3-1-4-8-12)23-18(19-11-20-23)22-16(15)21-17(25)13-9-5-2-6-10-13/h1-11,14,16H,(H,21,25)(H,19,20,22). The second kappa shape index (κ2) is 6.20. The molecular formula is C18H15N5O2. The van der Waals surface area contributed by atoms with E-state index >= 15 is 0 Å². The Kier molecular flexibility index (Phi) is 3.74. The molecule has 0 bridgehead atoms. The van der Waals surface area contributed by atoms with Crippen molar-refractivity contribution in [2.75, 3.05) is 5.32 Å². The molecule has 25 heavy (non-hydrogen) atoms. The molecule has 7 heteroatoms. The Morgan fingerprint density at radius 3 is 2.44 bits per heavy atom. The van der Waals surface area contributed by atoms with Crippen molar-refractivity contribution in [1.82, 2.24) is 20.1 Å². The van der Waals surface area contributed by atoms with Crippen LogP contribution in [-0.4, -0.2) is 32.6 Å². The van der Waals surface area contributed by atoms with Crippen molar-refractivity contribution in [3.63, 3.8) is 0 Å². The lowest BCUT2D eigenvalue weighted by atomic mass is 9.99. The number of hydrogen-bond acceptors (Lipinski definition) is 5. The molecular weight excluding hydrogens is 318 g/mol. The highest BCUT2D eigenvalue weighted by atomic mass is 16.2. The van der Waals surface area contributed by atoms with Gasteiger partial charge in [0.25, 0.3) is 5.91 Å². The molecule has 2 N–H and O–H groups in total. The van der Waals surface area contributed by atoms with Crippen molar-refractivity contribution in [3.8, 4) is 0 Å². The van der Waals surface area contributed by atoms with E-state index in [1.165, 1.54) is 11.0 Å². The summed E-state index contributed by atoms with van der Waals surface area (Å²) in [5, 5.41) is 9.82. The van der Waals surface area contributed by atoms with Gasteiger partial charge in [0.05, 0.1) is 0 Å². The summed E-state index contributed by atoms with van der Waals surface area (Å²) < 4.78 is 1.53. The summed E-state index contributed by atoms with van der Waals surface area (Å²) in [7, 11) is 0. The van der Waals surface area contributed by atoms with E-state index in [4.69, 9.17) is 0 Å². The van der Waals surface area contributed by atoms with E-state index in [2.05, 4.69) is 20.7 Å². The molecule has 0 spiro atoms. The number of fused-ring (bicyclic) bond motifs is 1. The minimum Gasteiger partial charge on any atom is -0.328 e. The first-order valence-corrected chi connectivity index (χ1v) is 7.84. The summed E-state index contributed by atoms with van der Waals surface area (Å²) in [5.41, 5.74) is 1.28. The van der Waals surface area contributed by atoms with E-state index in [-0.39, 0.29) is 11.7 Å². The molecule has 2 unspecified atom stereocenters. The number of anilines is 1. The Morgan fingerprint density at radius 1 is 1.04 bits per heavy atom. The second-order valence-electron chi connectivity index (χ2n) is 5.66. The third kappa shape index (κ3) is 2.76. The molecule has 1 aliphatic heterocycles. The third-order valence-corrected chi connectivity index (χ3v) is 4.07. The molecule has 2 aromatic carbocycles. The Hall–Kier alpha value is -3.48. The normalized spacial score (nSPS) is 19.0. The van der Waals surface area contributed by atoms with Crippen LogP contribution in [0.5, 0.6) is 0 Å². The molecule has 2 atom stereocenters. The maximum atomic E-state index is 13.0. The first kappa shape index (κ1) is 15.1. The second-order valence-corrected chi connectivity index (χ2v) is 5.66. The first-order chi connectivity index (χ1) is 12.2. The monoisotopic (exact) mass is 333 g/mol. The van der Waals surface area contributed by atoms with Crippen LogP contribution in [0.1, 0.15) is 22.0 Å². The first-order valence-electron chi connectivity index (χ1n) is 7.84. The maximum absolute atomic E-state index is 13.0. The predicted molar refractivity (Wildman–Crippen MR) is 90.9 cm³/mol. The van der Waals surface area contributed by atoms with Gasteiger partial charge in [0.15, 0.2) is 6.17 Å². The molecule has 0 aliphatic carbocycles. The Balaban J connectivity index is 1.65. The molecule has 0 saturated heterocycles. The summed E-state index contributed by atoms with van der Waals surface area (Å²) in [6.07, 6.45) is 0.502. The summed E-state index contributed by atoms with van der Waals surface area (Å²) in [6, 6.07) is 17.4. The number of amides is 1. The van der Waals surface area contributed by atoms with Crippen LogP contribution in [0.2, 0.25) is 0 Å². The van der Waals surface area contributed by atoms with Crippen molar-refractivity contribution < 1.29 is 9.59 Å². The van der Waals surface area contributed by atoms with Crippen LogP contribution in [0, 0.1) is 0 Å². The van der Waals surface area contributed by atoms with Crippen LogP contribution in [0.25, 0.3) is 0 Å². The zero-order chi connectivity index (χ0) is 17.2. The fraction of sp³-hybridized carbons (Fsp3) is 0.111. The minimum absolute atomic E-state index is 0.200. The topological polar surface area (TPSA) is 88.9 Å². The van der Waals surface area contributed by atoms with Gasteiger partial charge in [-0.25, -0.2) is 4.68 Å². The molecule has 1 amide bonds. The summed E-state index contributed by atoms with van der Waals surface area (Å²) >= 11 is 0. The molecule has 0 fully saturated rings. The maximum Gasteiger partial charge on any atom is 0.253 e. The number of aromatic nitrogens is 3. The number of benzene rings is 2. The number of rotatable bonds is 3. The van der Waals surface area contributed by atoms with Gasteiger partial charge in [-0.05, 0) is 17.7 Å². The van der Waals surface area contributed by atoms with Crippen LogP contribution < -0.4 is 10.6 Å². The van der Waals surface area contributed by atoms with E-state index in [1.807, 2.05) is 36.4 Å². The Labute approximate surface area is 143 Å². The molecule has 1 aromatic heterocycles. The lowest BCUT2D eigenvalue weighted by Crippen LogP contribution is -2.52. The molecule has 3 aromatic rings. The summed E-state index contributed by atoms with van der Waals surface area (Å²) in [5.74, 6) is -0.0912. The lowest BCUT2D eigenvalue weighted by molar-refractivity contribution is -0.123. The summed E-state index contributed by atoms with van der Waals surface area (Å²) in [6.45, 7) is 0. The van der Waals surface area contributed by atoms with Crippen LogP contribution in [0.15, 0.2) is 67.0 Å². The van der Waals surface area contributed by atoms with E-state index in [9.17, 15) is 9.59 Å². The smallest absolute Gasteiger partial charge is 0.253 e. The van der Waals surface area contributed by atoms with Crippen molar-refractivity contribution in [3.05, 3.63) is 78.1 Å². The highest BCUT2D eigenvalue weighted by molar-refractivity contribution is 6.01. The molecule has 0 saturated carbocycles. The van der Waals surface area contributed by atoms with Crippen LogP contribution in [0.4, 0.5) is 5.95 Å². The van der Waals surface area contributed by atoms with Gasteiger partial charge in [0, 0.05) is 5.56 Å². The predicted octanol–water partition coefficient (Wildman–Crippen LogP) is 1.62. The van der Waals surface area contributed by atoms with Gasteiger partial charge in [-0.2, -0.15) is 10.1 Å². The van der Waals surface area contributed by atoms with Crippen LogP contribution in [-0.2, 0) is 4.79 Å². The Bertz CT molecular complexity index is 907. The number of ketones is 1. The number of carbonyl (C=O) groups excluding carboxylic acids is 2. The van der Waals surface area contributed by atoms with Crippen molar-refractivity contribution in [1.29, 1.82) is 0 Å². The van der Waals surface area contributed by atoms with E-state index in [0.29, 0.717) is 11.5 Å². The highest BCUT2D eigenvalue weighted by Crippen LogP contribution is 2.27. The quantitative estimate of drug-likeness (QED) is 0.760. The molecule has 4 rings (SSSR count). The average Bonchev–Trinajstić information content (AvgIpc) is 3.11. The van der Waals surface area contributed by atoms with E-state index in [0.717, 1.165) is 5.56 Å². The zero-order valence-corrected chi connectivity index (χ0v) is 13.2. The molecule has 1 aliphatic rings. The third-order valence-electron chi connectivity index (χ3n) is 4.07. The number of nitrogens with zero attached hydrogens (tertiary/aromatic N) is 3. The van der Waals surface area contributed by atoms with Crippen molar-refractivity contribution >= 4 is 17.6 Å². The lowest BCUT2D eigenvalue weighted by Gasteiger charge is -2.30. The SMILES string of the molecule is O=C(NC1Nc2ncnn2C(c2ccccc2)C1=O)c1ccccc1. The average molecular weight is 333 g/mol. The van der Waals surface area contributed by atoms with E-state index in [1.54, 1.807) is 24.3 Å². The molecule has 0 radical (unpaired) electrons. The summed E-state index contributed by atoms with van der Waals surface area (Å²) in [4.78, 5) is 29.5. The van der Waals surface area contributed by atoms with Crippen molar-refractivity contribution in [2.45, 2.75) is 12.2 Å². The van der Waals surface area contributed by atoms with Gasteiger partial charge in [-0.1, -0.05) is 48.5 Å². The largest absolute Gasteiger partial charge is 0.328 e. The highest BCUT2D eigenvalue weighted by Gasteiger charge is 2.38. The van der Waals surface area contributed by atoms with Crippen LogP contribution in [0.3, 0.4) is 0 Å². The molecule has 124 valence electrons. The van der Waals surface area contributed by atoms with Gasteiger partial charge in [-0.15, -0.1) is 0 Å². The van der Waals surface area contributed by atoms with Gasteiger partial charge >= 0.3 is 0 Å². The number of carbonyl (C=O) groups is 2.